The molecule has 15 heavy (non-hydrogen) atoms. The minimum Gasteiger partial charge on any atom is -0.387 e. The Balaban J connectivity index is 2.00. The summed E-state index contributed by atoms with van der Waals surface area (Å²) in [5.41, 5.74) is 2.67. The third kappa shape index (κ3) is 2.70. The molecule has 0 aromatic carbocycles. The Labute approximate surface area is 95.5 Å². The van der Waals surface area contributed by atoms with Crippen molar-refractivity contribution < 1.29 is 5.11 Å². The molecule has 0 spiro atoms. The molecule has 0 bridgehead atoms. The maximum atomic E-state index is 10.1. The lowest BCUT2D eigenvalue weighted by Gasteiger charge is -2.16. The van der Waals surface area contributed by atoms with Crippen molar-refractivity contribution in [3.05, 3.63) is 33.5 Å². The molecule has 1 aliphatic carbocycles. The van der Waals surface area contributed by atoms with Gasteiger partial charge in [-0.3, -0.25) is 0 Å². The van der Waals surface area contributed by atoms with Crippen molar-refractivity contribution >= 4 is 11.3 Å². The molecule has 82 valence electrons. The number of aliphatic hydroxyl groups is 1. The molecule has 0 aliphatic heterocycles. The fourth-order valence-electron chi connectivity index (χ4n) is 2.16. The summed E-state index contributed by atoms with van der Waals surface area (Å²) < 4.78 is 0. The minimum absolute atomic E-state index is 0.283. The quantitative estimate of drug-likeness (QED) is 0.767. The summed E-state index contributed by atoms with van der Waals surface area (Å²) in [6.45, 7) is 2.07. The van der Waals surface area contributed by atoms with Crippen LogP contribution in [0.3, 0.4) is 0 Å². The van der Waals surface area contributed by atoms with Crippen LogP contribution in [0, 0.1) is 6.92 Å². The van der Waals surface area contributed by atoms with Crippen LogP contribution in [0.2, 0.25) is 0 Å². The lowest BCUT2D eigenvalue weighted by Crippen LogP contribution is -2.01. The predicted molar refractivity (Wildman–Crippen MR) is 65.2 cm³/mol. The number of hydrogen-bond acceptors (Lipinski definition) is 2. The van der Waals surface area contributed by atoms with Crippen LogP contribution in [0.5, 0.6) is 0 Å². The molecule has 1 unspecified atom stereocenters. The van der Waals surface area contributed by atoms with E-state index >= 15 is 0 Å². The van der Waals surface area contributed by atoms with Gasteiger partial charge in [-0.15, -0.1) is 11.3 Å². The van der Waals surface area contributed by atoms with E-state index in [1.165, 1.54) is 36.8 Å². The van der Waals surface area contributed by atoms with E-state index in [4.69, 9.17) is 0 Å². The molecule has 1 atom stereocenters. The molecule has 2 rings (SSSR count). The van der Waals surface area contributed by atoms with Crippen LogP contribution in [0.15, 0.2) is 23.1 Å². The Morgan fingerprint density at radius 3 is 2.93 bits per heavy atom. The smallest absolute Gasteiger partial charge is 0.0921 e. The van der Waals surface area contributed by atoms with E-state index in [0.717, 1.165) is 11.3 Å². The number of aliphatic hydroxyl groups excluding tert-OH is 1. The number of thiophene rings is 1. The van der Waals surface area contributed by atoms with Crippen molar-refractivity contribution in [3.63, 3.8) is 0 Å². The predicted octanol–water partition coefficient (Wildman–Crippen LogP) is 3.98. The third-order valence-electron chi connectivity index (χ3n) is 3.04. The fourth-order valence-corrected chi connectivity index (χ4v) is 3.07. The van der Waals surface area contributed by atoms with E-state index in [9.17, 15) is 5.11 Å². The number of hydrogen-bond donors (Lipinski definition) is 1. The molecular formula is C13H18OS. The first-order valence-corrected chi connectivity index (χ1v) is 6.55. The van der Waals surface area contributed by atoms with Gasteiger partial charge in [0.1, 0.15) is 0 Å². The van der Waals surface area contributed by atoms with Crippen LogP contribution in [-0.4, -0.2) is 5.11 Å². The molecule has 1 aromatic heterocycles. The molecule has 0 radical (unpaired) electrons. The van der Waals surface area contributed by atoms with E-state index in [1.54, 1.807) is 11.3 Å². The standard InChI is InChI=1S/C13H18OS/c1-10-7-8-15-13(10)12(14)9-11-5-3-2-4-6-11/h5,7-8,12,14H,2-4,6,9H2,1H3. The fraction of sp³-hybridized carbons (Fsp3) is 0.538. The van der Waals surface area contributed by atoms with Crippen molar-refractivity contribution in [2.24, 2.45) is 0 Å². The second-order valence-corrected chi connectivity index (χ2v) is 5.24. The van der Waals surface area contributed by atoms with Crippen LogP contribution < -0.4 is 0 Å². The number of rotatable bonds is 3. The summed E-state index contributed by atoms with van der Waals surface area (Å²) in [4.78, 5) is 1.14. The summed E-state index contributed by atoms with van der Waals surface area (Å²) in [5.74, 6) is 0. The van der Waals surface area contributed by atoms with E-state index in [1.807, 2.05) is 0 Å². The van der Waals surface area contributed by atoms with Gasteiger partial charge in [-0.05, 0) is 56.0 Å². The average Bonchev–Trinajstić information content (AvgIpc) is 2.66. The molecule has 0 saturated heterocycles. The first-order chi connectivity index (χ1) is 7.27. The molecule has 1 aromatic rings. The van der Waals surface area contributed by atoms with E-state index in [-0.39, 0.29) is 6.10 Å². The largest absolute Gasteiger partial charge is 0.387 e. The maximum Gasteiger partial charge on any atom is 0.0921 e. The van der Waals surface area contributed by atoms with E-state index < -0.39 is 0 Å². The highest BCUT2D eigenvalue weighted by molar-refractivity contribution is 7.10. The first-order valence-electron chi connectivity index (χ1n) is 5.67. The van der Waals surface area contributed by atoms with Crippen LogP contribution >= 0.6 is 11.3 Å². The number of allylic oxidation sites excluding steroid dienone is 1. The lowest BCUT2D eigenvalue weighted by atomic mass is 9.94. The third-order valence-corrected chi connectivity index (χ3v) is 4.17. The molecule has 0 saturated carbocycles. The Morgan fingerprint density at radius 1 is 1.47 bits per heavy atom. The zero-order valence-electron chi connectivity index (χ0n) is 9.20. The highest BCUT2D eigenvalue weighted by Gasteiger charge is 2.14. The monoisotopic (exact) mass is 222 g/mol. The molecule has 1 aliphatic rings. The van der Waals surface area contributed by atoms with Gasteiger partial charge in [0.2, 0.25) is 0 Å². The molecule has 2 heteroatoms. The van der Waals surface area contributed by atoms with Gasteiger partial charge < -0.3 is 5.11 Å². The van der Waals surface area contributed by atoms with Crippen LogP contribution in [0.4, 0.5) is 0 Å². The maximum absolute atomic E-state index is 10.1. The summed E-state index contributed by atoms with van der Waals surface area (Å²) >= 11 is 1.67. The summed E-state index contributed by atoms with van der Waals surface area (Å²) in [7, 11) is 0. The van der Waals surface area contributed by atoms with Gasteiger partial charge in [-0.25, -0.2) is 0 Å². The van der Waals surface area contributed by atoms with Gasteiger partial charge in [0, 0.05) is 4.88 Å². The van der Waals surface area contributed by atoms with E-state index in [0.29, 0.717) is 0 Å². The topological polar surface area (TPSA) is 20.2 Å². The second-order valence-electron chi connectivity index (χ2n) is 4.30. The van der Waals surface area contributed by atoms with Gasteiger partial charge in [0.15, 0.2) is 0 Å². The molecule has 1 heterocycles. The molecule has 1 nitrogen and oxygen atoms in total. The highest BCUT2D eigenvalue weighted by atomic mass is 32.1. The normalized spacial score (nSPS) is 18.7. The Morgan fingerprint density at radius 2 is 2.33 bits per heavy atom. The van der Waals surface area contributed by atoms with Gasteiger partial charge >= 0.3 is 0 Å². The SMILES string of the molecule is Cc1ccsc1C(O)CC1=CCCCC1. The van der Waals surface area contributed by atoms with Crippen LogP contribution in [-0.2, 0) is 0 Å². The average molecular weight is 222 g/mol. The summed E-state index contributed by atoms with van der Waals surface area (Å²) in [6.07, 6.45) is 7.86. The van der Waals surface area contributed by atoms with E-state index in [2.05, 4.69) is 24.4 Å². The van der Waals surface area contributed by atoms with Gasteiger partial charge in [-0.1, -0.05) is 11.6 Å². The second kappa shape index (κ2) is 4.95. The molecule has 0 amide bonds. The van der Waals surface area contributed by atoms with Crippen molar-refractivity contribution in [1.29, 1.82) is 0 Å². The lowest BCUT2D eigenvalue weighted by molar-refractivity contribution is 0.179. The minimum atomic E-state index is -0.283. The molecule has 1 N–H and O–H groups in total. The molecule has 0 fully saturated rings. The Kier molecular flexibility index (Phi) is 3.60. The van der Waals surface area contributed by atoms with Crippen LogP contribution in [0.25, 0.3) is 0 Å². The van der Waals surface area contributed by atoms with Crippen molar-refractivity contribution in [3.8, 4) is 0 Å². The van der Waals surface area contributed by atoms with Crippen molar-refractivity contribution in [2.75, 3.05) is 0 Å². The Hall–Kier alpha value is -0.600. The Bertz CT molecular complexity index is 351. The molecular weight excluding hydrogens is 204 g/mol. The zero-order chi connectivity index (χ0) is 10.7. The van der Waals surface area contributed by atoms with Gasteiger partial charge in [0.25, 0.3) is 0 Å². The summed E-state index contributed by atoms with van der Waals surface area (Å²) in [6, 6.07) is 2.08. The van der Waals surface area contributed by atoms with Crippen molar-refractivity contribution in [2.45, 2.75) is 45.1 Å². The highest BCUT2D eigenvalue weighted by Crippen LogP contribution is 2.31. The van der Waals surface area contributed by atoms with Crippen molar-refractivity contribution in [1.82, 2.24) is 0 Å². The summed E-state index contributed by atoms with van der Waals surface area (Å²) in [5, 5.41) is 12.2. The van der Waals surface area contributed by atoms with Gasteiger partial charge in [-0.2, -0.15) is 0 Å². The van der Waals surface area contributed by atoms with Crippen LogP contribution in [0.1, 0.15) is 48.6 Å². The zero-order valence-corrected chi connectivity index (χ0v) is 10.0. The first kappa shape index (κ1) is 10.9. The van der Waals surface area contributed by atoms with Gasteiger partial charge in [0.05, 0.1) is 6.10 Å². The number of aryl methyl sites for hydroxylation is 1.